The summed E-state index contributed by atoms with van der Waals surface area (Å²) in [6.07, 6.45) is -1.73. The molecule has 0 amide bonds. The minimum atomic E-state index is -5.13. The molecule has 2 nitrogen and oxygen atoms in total. The highest BCUT2D eigenvalue weighted by Gasteiger charge is 2.52. The number of halogens is 5. The highest BCUT2D eigenvalue weighted by Crippen LogP contribution is 2.36. The normalized spacial score (nSPS) is 14.6. The van der Waals surface area contributed by atoms with Crippen molar-refractivity contribution in [3.63, 3.8) is 0 Å². The van der Waals surface area contributed by atoms with Gasteiger partial charge < -0.3 is 0 Å². The summed E-state index contributed by atoms with van der Waals surface area (Å²) in [5.74, 6) is -10.5. The molecule has 0 saturated heterocycles. The van der Waals surface area contributed by atoms with E-state index in [2.05, 4.69) is 0 Å². The van der Waals surface area contributed by atoms with Gasteiger partial charge in [-0.3, -0.25) is 0 Å². The Morgan fingerprint density at radius 3 is 1.77 bits per heavy atom. The van der Waals surface area contributed by atoms with E-state index < -0.39 is 34.2 Å². The second-order valence-electron chi connectivity index (χ2n) is 2.59. The van der Waals surface area contributed by atoms with Crippen LogP contribution in [0, 0.1) is 0 Å². The van der Waals surface area contributed by atoms with Gasteiger partial charge in [0.25, 0.3) is 0 Å². The molecule has 0 radical (unpaired) electrons. The Kier molecular flexibility index (Phi) is 3.29. The van der Waals surface area contributed by atoms with Crippen LogP contribution in [0.1, 0.15) is 13.3 Å². The Labute approximate surface area is 71.9 Å². The minimum Gasteiger partial charge on any atom is -0.200 e. The largest absolute Gasteiger partial charge is 0.311 e. The second-order valence-corrected chi connectivity index (χ2v) is 4.07. The first-order valence-corrected chi connectivity index (χ1v) is 4.69. The number of hydrogen-bond acceptors (Lipinski definition) is 2. The summed E-state index contributed by atoms with van der Waals surface area (Å²) in [5.41, 5.74) is 0. The van der Waals surface area contributed by atoms with Gasteiger partial charge in [0.2, 0.25) is 0 Å². The zero-order chi connectivity index (χ0) is 10.9. The van der Waals surface area contributed by atoms with Crippen molar-refractivity contribution in [2.24, 2.45) is 0 Å². The van der Waals surface area contributed by atoms with Gasteiger partial charge in [-0.15, -0.1) is 3.89 Å². The summed E-state index contributed by atoms with van der Waals surface area (Å²) in [4.78, 5) is 0. The maximum Gasteiger partial charge on any atom is 0.311 e. The molecule has 0 spiro atoms. The van der Waals surface area contributed by atoms with Crippen molar-refractivity contribution in [3.05, 3.63) is 0 Å². The molecule has 0 aromatic carbocycles. The molecule has 8 heteroatoms. The van der Waals surface area contributed by atoms with Crippen molar-refractivity contribution >= 4 is 10.2 Å². The average molecular weight is 226 g/mol. The van der Waals surface area contributed by atoms with Crippen LogP contribution in [0.15, 0.2) is 0 Å². The zero-order valence-electron chi connectivity index (χ0n) is 6.53. The molecule has 0 N–H and O–H groups in total. The lowest BCUT2D eigenvalue weighted by Gasteiger charge is -2.21. The monoisotopic (exact) mass is 226 g/mol. The maximum absolute atomic E-state index is 12.3. The van der Waals surface area contributed by atoms with Crippen LogP contribution in [0.2, 0.25) is 0 Å². The van der Waals surface area contributed by atoms with Gasteiger partial charge in [-0.2, -0.15) is 17.2 Å². The van der Waals surface area contributed by atoms with Gasteiger partial charge in [-0.25, -0.2) is 8.78 Å². The fraction of sp³-hybridized carbons (Fsp3) is 1.00. The molecule has 0 heterocycles. The number of rotatable bonds is 4. The Morgan fingerprint density at radius 1 is 1.15 bits per heavy atom. The molecule has 0 aliphatic heterocycles. The third-order valence-electron chi connectivity index (χ3n) is 1.30. The summed E-state index contributed by atoms with van der Waals surface area (Å²) >= 11 is 0. The molecule has 0 aliphatic carbocycles. The first-order valence-electron chi connectivity index (χ1n) is 3.14. The third kappa shape index (κ3) is 4.39. The Bertz CT molecular complexity index is 265. The highest BCUT2D eigenvalue weighted by molar-refractivity contribution is 7.86. The molecule has 0 aromatic heterocycles. The zero-order valence-corrected chi connectivity index (χ0v) is 7.35. The van der Waals surface area contributed by atoms with Crippen molar-refractivity contribution in [2.45, 2.75) is 25.2 Å². The summed E-state index contributed by atoms with van der Waals surface area (Å²) in [6, 6.07) is 0. The van der Waals surface area contributed by atoms with Crippen molar-refractivity contribution in [1.82, 2.24) is 0 Å². The van der Waals surface area contributed by atoms with E-state index in [0.717, 1.165) is 0 Å². The van der Waals surface area contributed by atoms with Crippen LogP contribution in [0.4, 0.5) is 21.4 Å². The van der Waals surface area contributed by atoms with Crippen LogP contribution in [-0.4, -0.2) is 26.0 Å². The third-order valence-corrected chi connectivity index (χ3v) is 1.99. The van der Waals surface area contributed by atoms with Gasteiger partial charge in [0.1, 0.15) is 0 Å². The van der Waals surface area contributed by atoms with Gasteiger partial charge in [0.05, 0.1) is 5.75 Å². The van der Waals surface area contributed by atoms with E-state index in [9.17, 15) is 29.9 Å². The van der Waals surface area contributed by atoms with Gasteiger partial charge in [0.15, 0.2) is 0 Å². The van der Waals surface area contributed by atoms with E-state index in [1.807, 2.05) is 0 Å². The number of hydrogen-bond donors (Lipinski definition) is 0. The van der Waals surface area contributed by atoms with E-state index in [1.165, 1.54) is 0 Å². The lowest BCUT2D eigenvalue weighted by atomic mass is 10.1. The lowest BCUT2D eigenvalue weighted by molar-refractivity contribution is -0.198. The molecule has 13 heavy (non-hydrogen) atoms. The van der Waals surface area contributed by atoms with E-state index in [4.69, 9.17) is 0 Å². The second kappa shape index (κ2) is 3.39. The molecular formula is C5H7F5O2S. The minimum absolute atomic E-state index is 0.0577. The quantitative estimate of drug-likeness (QED) is 0.542. The molecular weight excluding hydrogens is 219 g/mol. The van der Waals surface area contributed by atoms with Gasteiger partial charge in [-0.05, 0) is 0 Å². The summed E-state index contributed by atoms with van der Waals surface area (Å²) < 4.78 is 79.8. The van der Waals surface area contributed by atoms with Gasteiger partial charge >= 0.3 is 22.1 Å². The van der Waals surface area contributed by atoms with Crippen LogP contribution in [-0.2, 0) is 10.2 Å². The van der Waals surface area contributed by atoms with Crippen LogP contribution < -0.4 is 0 Å². The Morgan fingerprint density at radius 2 is 1.54 bits per heavy atom. The molecule has 0 fully saturated rings. The highest BCUT2D eigenvalue weighted by atomic mass is 32.3. The number of alkyl halides is 4. The molecule has 0 rings (SSSR count). The van der Waals surface area contributed by atoms with E-state index in [0.29, 0.717) is 0 Å². The molecule has 0 aliphatic rings. The van der Waals surface area contributed by atoms with Crippen molar-refractivity contribution < 1.29 is 29.9 Å². The predicted octanol–water partition coefficient (Wildman–Crippen LogP) is 1.97. The fourth-order valence-electron chi connectivity index (χ4n) is 0.470. The van der Waals surface area contributed by atoms with Crippen molar-refractivity contribution in [1.29, 1.82) is 0 Å². The summed E-state index contributed by atoms with van der Waals surface area (Å²) in [6.45, 7) is -0.0577. The average Bonchev–Trinajstić information content (AvgIpc) is 1.79. The Hall–Kier alpha value is -0.400. The van der Waals surface area contributed by atoms with E-state index in [1.54, 1.807) is 0 Å². The Balaban J connectivity index is 4.38. The molecule has 0 bridgehead atoms. The van der Waals surface area contributed by atoms with Crippen LogP contribution in [0.3, 0.4) is 0 Å². The molecule has 0 atom stereocenters. The summed E-state index contributed by atoms with van der Waals surface area (Å²) in [5, 5.41) is 0. The van der Waals surface area contributed by atoms with Crippen molar-refractivity contribution in [3.8, 4) is 0 Å². The summed E-state index contributed by atoms with van der Waals surface area (Å²) in [7, 11) is -5.13. The first-order chi connectivity index (χ1) is 5.46. The maximum atomic E-state index is 12.3. The van der Waals surface area contributed by atoms with E-state index in [-0.39, 0.29) is 6.92 Å². The van der Waals surface area contributed by atoms with Gasteiger partial charge in [-0.1, -0.05) is 0 Å². The van der Waals surface area contributed by atoms with Gasteiger partial charge in [0, 0.05) is 13.3 Å². The smallest absolute Gasteiger partial charge is 0.200 e. The SMILES string of the molecule is CC(F)(F)C(F)(F)CCS(=O)(=O)F. The molecule has 80 valence electrons. The van der Waals surface area contributed by atoms with Crippen LogP contribution in [0.5, 0.6) is 0 Å². The predicted molar refractivity (Wildman–Crippen MR) is 35.1 cm³/mol. The van der Waals surface area contributed by atoms with E-state index >= 15 is 0 Å². The fourth-order valence-corrected chi connectivity index (χ4v) is 0.970. The standard InChI is InChI=1S/C5H7F5O2S/c1-4(6,7)5(8,9)2-3-13(10,11)12/h2-3H2,1H3. The molecule has 0 saturated carbocycles. The van der Waals surface area contributed by atoms with Crippen molar-refractivity contribution in [2.75, 3.05) is 5.75 Å². The molecule has 0 unspecified atom stereocenters. The first kappa shape index (κ1) is 12.6. The molecule has 0 aromatic rings. The van der Waals surface area contributed by atoms with Crippen LogP contribution in [0.25, 0.3) is 0 Å². The van der Waals surface area contributed by atoms with Crippen LogP contribution >= 0.6 is 0 Å². The topological polar surface area (TPSA) is 34.1 Å². The lowest BCUT2D eigenvalue weighted by Crippen LogP contribution is -2.38.